The molecule has 0 bridgehead atoms. The zero-order valence-corrected chi connectivity index (χ0v) is 18.4. The molecular formula is C23H28N6O2. The van der Waals surface area contributed by atoms with Gasteiger partial charge in [-0.1, -0.05) is 18.2 Å². The fourth-order valence-corrected chi connectivity index (χ4v) is 3.83. The first kappa shape index (κ1) is 20.8. The van der Waals surface area contributed by atoms with E-state index in [1.54, 1.807) is 6.92 Å². The van der Waals surface area contributed by atoms with Crippen LogP contribution in [0.15, 0.2) is 42.5 Å². The van der Waals surface area contributed by atoms with Crippen LogP contribution < -0.4 is 9.64 Å². The van der Waals surface area contributed by atoms with E-state index in [0.717, 1.165) is 23.0 Å². The molecule has 3 heterocycles. The van der Waals surface area contributed by atoms with E-state index in [1.165, 1.54) is 0 Å². The average molecular weight is 421 g/mol. The van der Waals surface area contributed by atoms with Gasteiger partial charge in [0.05, 0.1) is 5.69 Å². The average Bonchev–Trinajstić information content (AvgIpc) is 3.11. The van der Waals surface area contributed by atoms with Gasteiger partial charge in [-0.2, -0.15) is 5.10 Å². The summed E-state index contributed by atoms with van der Waals surface area (Å²) in [6.45, 7) is 10.3. The molecule has 1 fully saturated rings. The number of aryl methyl sites for hydroxylation is 3. The van der Waals surface area contributed by atoms with Crippen molar-refractivity contribution in [2.24, 2.45) is 0 Å². The lowest BCUT2D eigenvalue weighted by molar-refractivity contribution is -0.138. The molecule has 4 rings (SSSR count). The zero-order chi connectivity index (χ0) is 22.0. The Balaban J connectivity index is 1.42. The van der Waals surface area contributed by atoms with Crippen LogP contribution in [0.4, 0.5) is 5.82 Å². The predicted octanol–water partition coefficient (Wildman–Crippen LogP) is 2.70. The summed E-state index contributed by atoms with van der Waals surface area (Å²) in [6.07, 6.45) is -0.520. The van der Waals surface area contributed by atoms with Crippen LogP contribution in [-0.4, -0.2) is 62.8 Å². The van der Waals surface area contributed by atoms with E-state index in [-0.39, 0.29) is 5.91 Å². The van der Waals surface area contributed by atoms with Crippen molar-refractivity contribution >= 4 is 11.7 Å². The van der Waals surface area contributed by atoms with Gasteiger partial charge >= 0.3 is 0 Å². The topological polar surface area (TPSA) is 76.4 Å². The van der Waals surface area contributed by atoms with Crippen LogP contribution in [0.25, 0.3) is 5.82 Å². The maximum absolute atomic E-state index is 12.8. The number of hydrogen-bond donors (Lipinski definition) is 0. The van der Waals surface area contributed by atoms with E-state index in [4.69, 9.17) is 4.74 Å². The first-order valence-electron chi connectivity index (χ1n) is 10.6. The first-order valence-corrected chi connectivity index (χ1v) is 10.6. The van der Waals surface area contributed by atoms with Gasteiger partial charge in [0, 0.05) is 37.9 Å². The van der Waals surface area contributed by atoms with Crippen LogP contribution in [0, 0.1) is 20.8 Å². The summed E-state index contributed by atoms with van der Waals surface area (Å²) < 4.78 is 7.64. The number of aromatic nitrogens is 4. The normalized spacial score (nSPS) is 15.1. The van der Waals surface area contributed by atoms with Gasteiger partial charge < -0.3 is 14.5 Å². The van der Waals surface area contributed by atoms with Gasteiger partial charge in [0.25, 0.3) is 5.91 Å². The lowest BCUT2D eigenvalue weighted by Crippen LogP contribution is -2.52. The second kappa shape index (κ2) is 8.75. The number of rotatable bonds is 5. The third-order valence-electron chi connectivity index (χ3n) is 5.36. The third-order valence-corrected chi connectivity index (χ3v) is 5.36. The number of para-hydroxylation sites is 1. The smallest absolute Gasteiger partial charge is 0.263 e. The molecule has 162 valence electrons. The Kier molecular flexibility index (Phi) is 5.88. The molecule has 0 unspecified atom stereocenters. The summed E-state index contributed by atoms with van der Waals surface area (Å²) in [5.74, 6) is 3.02. The van der Waals surface area contributed by atoms with Crippen molar-refractivity contribution in [3.05, 3.63) is 59.7 Å². The van der Waals surface area contributed by atoms with Gasteiger partial charge in [-0.25, -0.2) is 14.6 Å². The number of ether oxygens (including phenoxy) is 1. The number of hydrogen-bond acceptors (Lipinski definition) is 6. The molecule has 1 atom stereocenters. The van der Waals surface area contributed by atoms with Gasteiger partial charge in [-0.3, -0.25) is 4.79 Å². The molecule has 1 aliphatic heterocycles. The predicted molar refractivity (Wildman–Crippen MR) is 119 cm³/mol. The highest BCUT2D eigenvalue weighted by Crippen LogP contribution is 2.19. The maximum Gasteiger partial charge on any atom is 0.263 e. The van der Waals surface area contributed by atoms with Crippen molar-refractivity contribution in [3.8, 4) is 11.6 Å². The molecule has 8 heteroatoms. The van der Waals surface area contributed by atoms with E-state index in [1.807, 2.05) is 72.8 Å². The third kappa shape index (κ3) is 4.68. The summed E-state index contributed by atoms with van der Waals surface area (Å²) in [7, 11) is 0. The van der Waals surface area contributed by atoms with E-state index >= 15 is 0 Å². The fraction of sp³-hybridized carbons (Fsp3) is 0.391. The van der Waals surface area contributed by atoms with Crippen LogP contribution in [0.1, 0.15) is 24.1 Å². The first-order chi connectivity index (χ1) is 14.9. The van der Waals surface area contributed by atoms with Crippen molar-refractivity contribution in [1.82, 2.24) is 24.6 Å². The molecule has 1 amide bonds. The van der Waals surface area contributed by atoms with E-state index in [0.29, 0.717) is 37.8 Å². The quantitative estimate of drug-likeness (QED) is 0.632. The number of amides is 1. The summed E-state index contributed by atoms with van der Waals surface area (Å²) in [5.41, 5.74) is 1.98. The van der Waals surface area contributed by atoms with Crippen LogP contribution in [0.2, 0.25) is 0 Å². The number of carbonyl (C=O) groups excluding carboxylic acids is 1. The van der Waals surface area contributed by atoms with Crippen LogP contribution >= 0.6 is 0 Å². The highest BCUT2D eigenvalue weighted by molar-refractivity contribution is 5.81. The maximum atomic E-state index is 12.8. The highest BCUT2D eigenvalue weighted by Gasteiger charge is 2.27. The highest BCUT2D eigenvalue weighted by atomic mass is 16.5. The summed E-state index contributed by atoms with van der Waals surface area (Å²) >= 11 is 0. The number of carbonyl (C=O) groups is 1. The minimum Gasteiger partial charge on any atom is -0.481 e. The Labute approximate surface area is 182 Å². The molecule has 3 aromatic rings. The molecule has 0 saturated carbocycles. The molecular weight excluding hydrogens is 392 g/mol. The molecule has 2 aromatic heterocycles. The number of benzene rings is 1. The van der Waals surface area contributed by atoms with E-state index < -0.39 is 6.10 Å². The fourth-order valence-electron chi connectivity index (χ4n) is 3.83. The molecule has 0 radical (unpaired) electrons. The number of nitrogens with zero attached hydrogens (tertiary/aromatic N) is 6. The van der Waals surface area contributed by atoms with E-state index in [2.05, 4.69) is 20.0 Å². The molecule has 1 saturated heterocycles. The van der Waals surface area contributed by atoms with Crippen molar-refractivity contribution < 1.29 is 9.53 Å². The van der Waals surface area contributed by atoms with Crippen molar-refractivity contribution in [1.29, 1.82) is 0 Å². The van der Waals surface area contributed by atoms with Crippen molar-refractivity contribution in [3.63, 3.8) is 0 Å². The van der Waals surface area contributed by atoms with Crippen LogP contribution in [0.5, 0.6) is 5.75 Å². The largest absolute Gasteiger partial charge is 0.481 e. The lowest BCUT2D eigenvalue weighted by Gasteiger charge is -2.36. The summed E-state index contributed by atoms with van der Waals surface area (Å²) in [4.78, 5) is 26.1. The molecule has 1 aromatic carbocycles. The Morgan fingerprint density at radius 3 is 2.29 bits per heavy atom. The Morgan fingerprint density at radius 1 is 0.968 bits per heavy atom. The minimum absolute atomic E-state index is 0.00528. The minimum atomic E-state index is -0.520. The molecule has 0 spiro atoms. The Morgan fingerprint density at radius 2 is 1.65 bits per heavy atom. The standard InChI is InChI=1S/C23H28N6O2/c1-16-14-17(2)29(26-16)22-15-21(24-19(4)25-22)27-10-12-28(13-11-27)23(30)18(3)31-20-8-6-5-7-9-20/h5-9,14-15,18H,10-13H2,1-4H3/t18-/m1/s1. The zero-order valence-electron chi connectivity index (χ0n) is 18.4. The summed E-state index contributed by atoms with van der Waals surface area (Å²) in [5, 5.41) is 4.54. The second-order valence-corrected chi connectivity index (χ2v) is 7.86. The molecule has 8 nitrogen and oxygen atoms in total. The van der Waals surface area contributed by atoms with Crippen LogP contribution in [0.3, 0.4) is 0 Å². The van der Waals surface area contributed by atoms with E-state index in [9.17, 15) is 4.79 Å². The Hall–Kier alpha value is -3.42. The monoisotopic (exact) mass is 420 g/mol. The van der Waals surface area contributed by atoms with Crippen LogP contribution in [-0.2, 0) is 4.79 Å². The van der Waals surface area contributed by atoms with Crippen molar-refractivity contribution in [2.75, 3.05) is 31.1 Å². The molecule has 0 N–H and O–H groups in total. The van der Waals surface area contributed by atoms with Gasteiger partial charge in [0.1, 0.15) is 17.4 Å². The molecule has 31 heavy (non-hydrogen) atoms. The van der Waals surface area contributed by atoms with Crippen molar-refractivity contribution in [2.45, 2.75) is 33.8 Å². The molecule has 0 aliphatic carbocycles. The van der Waals surface area contributed by atoms with Gasteiger partial charge in [0.15, 0.2) is 11.9 Å². The lowest BCUT2D eigenvalue weighted by atomic mass is 10.2. The number of anilines is 1. The second-order valence-electron chi connectivity index (χ2n) is 7.86. The van der Waals surface area contributed by atoms with Gasteiger partial charge in [-0.05, 0) is 45.9 Å². The van der Waals surface area contributed by atoms with Gasteiger partial charge in [0.2, 0.25) is 0 Å². The summed E-state index contributed by atoms with van der Waals surface area (Å²) in [6, 6.07) is 13.4. The number of piperazine rings is 1. The SMILES string of the molecule is Cc1cc(C)n(-c2cc(N3CCN(C(=O)[C@@H](C)Oc4ccccc4)CC3)nc(C)n2)n1. The van der Waals surface area contributed by atoms with Gasteiger partial charge in [-0.15, -0.1) is 0 Å². The molecule has 1 aliphatic rings. The Bertz CT molecular complexity index is 1060.